The quantitative estimate of drug-likeness (QED) is 0.741. The van der Waals surface area contributed by atoms with Crippen molar-refractivity contribution in [1.29, 1.82) is 0 Å². The van der Waals surface area contributed by atoms with Crippen molar-refractivity contribution in [3.05, 3.63) is 54.2 Å². The van der Waals surface area contributed by atoms with E-state index in [1.807, 2.05) is 17.0 Å². The van der Waals surface area contributed by atoms with Crippen LogP contribution in [0.1, 0.15) is 17.7 Å². The number of carbonyl (C=O) groups excluding carboxylic acids is 1. The first-order valence-corrected chi connectivity index (χ1v) is 8.78. The Morgan fingerprint density at radius 1 is 1.25 bits per heavy atom. The number of hydrogen-bond donors (Lipinski definition) is 1. The summed E-state index contributed by atoms with van der Waals surface area (Å²) in [5.41, 5.74) is 1.90. The van der Waals surface area contributed by atoms with Crippen molar-refractivity contribution in [1.82, 2.24) is 15.3 Å². The van der Waals surface area contributed by atoms with Gasteiger partial charge in [0.1, 0.15) is 11.2 Å². The number of oxazole rings is 1. The number of halogens is 3. The third kappa shape index (κ3) is 3.92. The minimum atomic E-state index is -4.45. The van der Waals surface area contributed by atoms with Crippen molar-refractivity contribution in [2.24, 2.45) is 0 Å². The standard InChI is InChI=1S/C19H17F3N4O2/c20-19(21,22)17-4-2-14(9-23-17)26-6-5-13(10-26)25-18(27)8-12-1-3-16-15(7-12)24-11-28-16/h1-4,7,9,11,13H,5-6,8,10H2,(H,25,27). The molecule has 4 rings (SSSR count). The summed E-state index contributed by atoms with van der Waals surface area (Å²) in [7, 11) is 0. The van der Waals surface area contributed by atoms with Crippen molar-refractivity contribution in [3.8, 4) is 0 Å². The van der Waals surface area contributed by atoms with Gasteiger partial charge in [0.2, 0.25) is 5.91 Å². The second-order valence-corrected chi connectivity index (χ2v) is 6.73. The summed E-state index contributed by atoms with van der Waals surface area (Å²) in [6, 6.07) is 7.73. The van der Waals surface area contributed by atoms with Crippen LogP contribution < -0.4 is 10.2 Å². The molecule has 1 fully saturated rings. The minimum Gasteiger partial charge on any atom is -0.443 e. The molecule has 1 N–H and O–H groups in total. The third-order valence-electron chi connectivity index (χ3n) is 4.72. The van der Waals surface area contributed by atoms with E-state index >= 15 is 0 Å². The number of hydrogen-bond acceptors (Lipinski definition) is 5. The zero-order chi connectivity index (χ0) is 19.7. The van der Waals surface area contributed by atoms with Gasteiger partial charge in [-0.05, 0) is 36.2 Å². The number of anilines is 1. The van der Waals surface area contributed by atoms with E-state index in [9.17, 15) is 18.0 Å². The Balaban J connectivity index is 1.33. The van der Waals surface area contributed by atoms with Crippen LogP contribution in [0.25, 0.3) is 11.1 Å². The highest BCUT2D eigenvalue weighted by atomic mass is 19.4. The maximum atomic E-state index is 12.6. The van der Waals surface area contributed by atoms with Gasteiger partial charge < -0.3 is 14.6 Å². The van der Waals surface area contributed by atoms with Crippen LogP contribution in [0.5, 0.6) is 0 Å². The van der Waals surface area contributed by atoms with Gasteiger partial charge in [0.15, 0.2) is 12.0 Å². The molecule has 0 aliphatic carbocycles. The largest absolute Gasteiger partial charge is 0.443 e. The van der Waals surface area contributed by atoms with Crippen LogP contribution >= 0.6 is 0 Å². The van der Waals surface area contributed by atoms with E-state index in [1.54, 1.807) is 6.07 Å². The molecule has 0 saturated carbocycles. The first-order valence-electron chi connectivity index (χ1n) is 8.78. The highest BCUT2D eigenvalue weighted by Crippen LogP contribution is 2.29. The number of aromatic nitrogens is 2. The van der Waals surface area contributed by atoms with Gasteiger partial charge >= 0.3 is 6.18 Å². The molecule has 2 aromatic heterocycles. The molecule has 1 aliphatic rings. The van der Waals surface area contributed by atoms with Gasteiger partial charge in [-0.2, -0.15) is 13.2 Å². The normalized spacial score (nSPS) is 17.2. The highest BCUT2D eigenvalue weighted by Gasteiger charge is 2.32. The van der Waals surface area contributed by atoms with Crippen molar-refractivity contribution in [2.45, 2.75) is 25.1 Å². The molecule has 1 atom stereocenters. The number of nitrogens with one attached hydrogen (secondary N) is 1. The third-order valence-corrected chi connectivity index (χ3v) is 4.72. The number of rotatable bonds is 4. The average Bonchev–Trinajstić information content (AvgIpc) is 3.30. The molecule has 0 radical (unpaired) electrons. The number of carbonyl (C=O) groups is 1. The number of pyridine rings is 1. The van der Waals surface area contributed by atoms with Crippen molar-refractivity contribution in [2.75, 3.05) is 18.0 Å². The Bertz CT molecular complexity index is 985. The average molecular weight is 390 g/mol. The predicted molar refractivity (Wildman–Crippen MR) is 95.7 cm³/mol. The van der Waals surface area contributed by atoms with E-state index in [2.05, 4.69) is 15.3 Å². The van der Waals surface area contributed by atoms with Gasteiger partial charge in [0.25, 0.3) is 0 Å². The second-order valence-electron chi connectivity index (χ2n) is 6.73. The van der Waals surface area contributed by atoms with Crippen LogP contribution in [0.15, 0.2) is 47.3 Å². The summed E-state index contributed by atoms with van der Waals surface area (Å²) in [5, 5.41) is 2.98. The first-order chi connectivity index (χ1) is 13.4. The number of alkyl halides is 3. The summed E-state index contributed by atoms with van der Waals surface area (Å²) in [4.78, 5) is 21.8. The molecule has 1 aliphatic heterocycles. The smallest absolute Gasteiger partial charge is 0.433 e. The van der Waals surface area contributed by atoms with Crippen molar-refractivity contribution >= 4 is 22.7 Å². The molecule has 0 bridgehead atoms. The van der Waals surface area contributed by atoms with Crippen LogP contribution in [0.2, 0.25) is 0 Å². The van der Waals surface area contributed by atoms with Gasteiger partial charge in [-0.15, -0.1) is 0 Å². The van der Waals surface area contributed by atoms with Crippen molar-refractivity contribution in [3.63, 3.8) is 0 Å². The lowest BCUT2D eigenvalue weighted by molar-refractivity contribution is -0.141. The lowest BCUT2D eigenvalue weighted by atomic mass is 10.1. The Morgan fingerprint density at radius 3 is 2.86 bits per heavy atom. The molecule has 3 heterocycles. The van der Waals surface area contributed by atoms with Gasteiger partial charge in [-0.3, -0.25) is 4.79 Å². The summed E-state index contributed by atoms with van der Waals surface area (Å²) < 4.78 is 43.0. The van der Waals surface area contributed by atoms with E-state index in [0.29, 0.717) is 29.9 Å². The van der Waals surface area contributed by atoms with Crippen LogP contribution in [-0.2, 0) is 17.4 Å². The second kappa shape index (κ2) is 7.14. The van der Waals surface area contributed by atoms with Gasteiger partial charge in [0.05, 0.1) is 18.3 Å². The lowest BCUT2D eigenvalue weighted by Crippen LogP contribution is -2.38. The van der Waals surface area contributed by atoms with E-state index in [4.69, 9.17) is 4.42 Å². The van der Waals surface area contributed by atoms with Crippen LogP contribution in [-0.4, -0.2) is 35.0 Å². The monoisotopic (exact) mass is 390 g/mol. The molecular formula is C19H17F3N4O2. The fourth-order valence-electron chi connectivity index (χ4n) is 3.33. The van der Waals surface area contributed by atoms with Crippen LogP contribution in [0, 0.1) is 0 Å². The fraction of sp³-hybridized carbons (Fsp3) is 0.316. The van der Waals surface area contributed by atoms with Gasteiger partial charge in [-0.25, -0.2) is 9.97 Å². The summed E-state index contributed by atoms with van der Waals surface area (Å²) in [6.07, 6.45) is -0.927. The highest BCUT2D eigenvalue weighted by molar-refractivity contribution is 5.81. The number of benzene rings is 1. The zero-order valence-corrected chi connectivity index (χ0v) is 14.7. The molecule has 1 saturated heterocycles. The van der Waals surface area contributed by atoms with Gasteiger partial charge in [0, 0.05) is 19.1 Å². The topological polar surface area (TPSA) is 71.3 Å². The molecule has 1 amide bonds. The maximum absolute atomic E-state index is 12.6. The van der Waals surface area contributed by atoms with Crippen LogP contribution in [0.3, 0.4) is 0 Å². The maximum Gasteiger partial charge on any atom is 0.433 e. The Hall–Kier alpha value is -3.10. The lowest BCUT2D eigenvalue weighted by Gasteiger charge is -2.19. The molecule has 1 unspecified atom stereocenters. The Labute approximate surface area is 158 Å². The Morgan fingerprint density at radius 2 is 2.11 bits per heavy atom. The van der Waals surface area contributed by atoms with Crippen LogP contribution in [0.4, 0.5) is 18.9 Å². The Kier molecular flexibility index (Phi) is 4.66. The zero-order valence-electron chi connectivity index (χ0n) is 14.7. The van der Waals surface area contributed by atoms with E-state index in [0.717, 1.165) is 18.1 Å². The molecule has 3 aromatic rings. The van der Waals surface area contributed by atoms with Gasteiger partial charge in [-0.1, -0.05) is 6.07 Å². The molecule has 146 valence electrons. The minimum absolute atomic E-state index is 0.0643. The molecule has 6 nitrogen and oxygen atoms in total. The number of amides is 1. The number of nitrogens with zero attached hydrogens (tertiary/aromatic N) is 3. The molecule has 0 spiro atoms. The first kappa shape index (κ1) is 18.3. The summed E-state index contributed by atoms with van der Waals surface area (Å²) in [6.45, 7) is 1.17. The van der Waals surface area contributed by atoms with E-state index in [1.165, 1.54) is 18.7 Å². The van der Waals surface area contributed by atoms with E-state index in [-0.39, 0.29) is 18.4 Å². The molecule has 9 heteroatoms. The van der Waals surface area contributed by atoms with E-state index < -0.39 is 11.9 Å². The summed E-state index contributed by atoms with van der Waals surface area (Å²) >= 11 is 0. The van der Waals surface area contributed by atoms with Crippen molar-refractivity contribution < 1.29 is 22.4 Å². The number of fused-ring (bicyclic) bond motifs is 1. The molecule has 28 heavy (non-hydrogen) atoms. The SMILES string of the molecule is O=C(Cc1ccc2ocnc2c1)NC1CCN(c2ccc(C(F)(F)F)nc2)C1. The fourth-order valence-corrected chi connectivity index (χ4v) is 3.33. The molecular weight excluding hydrogens is 373 g/mol. The summed E-state index contributed by atoms with van der Waals surface area (Å²) in [5.74, 6) is -0.111. The predicted octanol–water partition coefficient (Wildman–Crippen LogP) is 3.18. The molecule has 1 aromatic carbocycles.